The summed E-state index contributed by atoms with van der Waals surface area (Å²) in [6.07, 6.45) is 2.40. The van der Waals surface area contributed by atoms with Gasteiger partial charge in [-0.15, -0.1) is 0 Å². The van der Waals surface area contributed by atoms with Gasteiger partial charge in [0.05, 0.1) is 0 Å². The maximum Gasteiger partial charge on any atom is 0.339 e. The Labute approximate surface area is 112 Å². The molecule has 1 aromatic heterocycles. The van der Waals surface area contributed by atoms with E-state index in [4.69, 9.17) is 0 Å². The fraction of sp³-hybridized carbons (Fsp3) is 0.571. The second kappa shape index (κ2) is 4.81. The molecule has 1 aromatic rings. The van der Waals surface area contributed by atoms with Crippen LogP contribution >= 0.6 is 0 Å². The average Bonchev–Trinajstić information content (AvgIpc) is 2.40. The van der Waals surface area contributed by atoms with Gasteiger partial charge in [0.1, 0.15) is 11.4 Å². The van der Waals surface area contributed by atoms with Crippen LogP contribution in [0.2, 0.25) is 0 Å². The zero-order valence-corrected chi connectivity index (χ0v) is 11.1. The van der Waals surface area contributed by atoms with Crippen LogP contribution in [0.4, 0.5) is 5.82 Å². The molecule has 0 amide bonds. The van der Waals surface area contributed by atoms with Crippen LogP contribution in [0.1, 0.15) is 28.9 Å². The smallest absolute Gasteiger partial charge is 0.339 e. The lowest BCUT2D eigenvalue weighted by Gasteiger charge is -2.45. The lowest BCUT2D eigenvalue weighted by molar-refractivity contribution is 0.0696. The van der Waals surface area contributed by atoms with Crippen LogP contribution in [0.25, 0.3) is 0 Å². The zero-order valence-electron chi connectivity index (χ0n) is 11.1. The Morgan fingerprint density at radius 3 is 2.74 bits per heavy atom. The number of hydrogen-bond acceptors (Lipinski definition) is 4. The van der Waals surface area contributed by atoms with Crippen molar-refractivity contribution >= 4 is 11.8 Å². The lowest BCUT2D eigenvalue weighted by atomic mass is 9.84. The first-order chi connectivity index (χ1) is 9.13. The number of aryl methyl sites for hydroxylation is 1. The van der Waals surface area contributed by atoms with E-state index >= 15 is 0 Å². The number of carbonyl (C=O) groups is 1. The molecule has 4 rings (SSSR count). The van der Waals surface area contributed by atoms with Crippen molar-refractivity contribution < 1.29 is 9.90 Å². The molecule has 1 atom stereocenters. The van der Waals surface area contributed by atoms with Gasteiger partial charge in [-0.25, -0.2) is 9.78 Å². The Morgan fingerprint density at radius 2 is 2.16 bits per heavy atom. The van der Waals surface area contributed by atoms with Gasteiger partial charge >= 0.3 is 5.97 Å². The van der Waals surface area contributed by atoms with E-state index in [1.54, 1.807) is 12.1 Å². The summed E-state index contributed by atoms with van der Waals surface area (Å²) < 4.78 is 0. The van der Waals surface area contributed by atoms with Crippen LogP contribution in [0, 0.1) is 12.8 Å². The van der Waals surface area contributed by atoms with E-state index in [-0.39, 0.29) is 5.56 Å². The van der Waals surface area contributed by atoms with E-state index in [0.29, 0.717) is 17.8 Å². The SMILES string of the molecule is Cc1ccc(C(=O)O)c(NC2CN3CCC2CC3)n1. The summed E-state index contributed by atoms with van der Waals surface area (Å²) in [5, 5.41) is 12.6. The Hall–Kier alpha value is -1.62. The number of nitrogens with zero attached hydrogens (tertiary/aromatic N) is 2. The van der Waals surface area contributed by atoms with Crippen LogP contribution in [0.3, 0.4) is 0 Å². The fourth-order valence-corrected chi connectivity index (χ4v) is 3.14. The van der Waals surface area contributed by atoms with Gasteiger partial charge in [0, 0.05) is 18.3 Å². The molecule has 0 aliphatic carbocycles. The maximum absolute atomic E-state index is 11.2. The van der Waals surface area contributed by atoms with Gasteiger partial charge in [0.15, 0.2) is 0 Å². The molecule has 4 heterocycles. The number of aromatic carboxylic acids is 1. The minimum Gasteiger partial charge on any atom is -0.478 e. The molecule has 5 heteroatoms. The van der Waals surface area contributed by atoms with Crippen molar-refractivity contribution in [3.63, 3.8) is 0 Å². The summed E-state index contributed by atoms with van der Waals surface area (Å²) in [4.78, 5) is 18.0. The van der Waals surface area contributed by atoms with Gasteiger partial charge in [0.25, 0.3) is 0 Å². The van der Waals surface area contributed by atoms with Crippen LogP contribution < -0.4 is 5.32 Å². The molecule has 2 N–H and O–H groups in total. The average molecular weight is 261 g/mol. The lowest BCUT2D eigenvalue weighted by Crippen LogP contribution is -2.53. The second-order valence-corrected chi connectivity index (χ2v) is 5.54. The number of fused-ring (bicyclic) bond motifs is 3. The van der Waals surface area contributed by atoms with E-state index in [1.807, 2.05) is 6.92 Å². The number of rotatable bonds is 3. The van der Waals surface area contributed by atoms with Gasteiger partial charge < -0.3 is 15.3 Å². The van der Waals surface area contributed by atoms with Crippen molar-refractivity contribution in [1.82, 2.24) is 9.88 Å². The Kier molecular flexibility index (Phi) is 3.14. The van der Waals surface area contributed by atoms with Crippen molar-refractivity contribution in [3.05, 3.63) is 23.4 Å². The molecule has 1 unspecified atom stereocenters. The molecule has 2 bridgehead atoms. The van der Waals surface area contributed by atoms with E-state index in [0.717, 1.165) is 12.2 Å². The van der Waals surface area contributed by atoms with Crippen LogP contribution in [-0.4, -0.2) is 46.6 Å². The molecule has 0 spiro atoms. The van der Waals surface area contributed by atoms with Crippen molar-refractivity contribution in [2.45, 2.75) is 25.8 Å². The highest BCUT2D eigenvalue weighted by molar-refractivity contribution is 5.93. The monoisotopic (exact) mass is 261 g/mol. The largest absolute Gasteiger partial charge is 0.478 e. The molecule has 3 saturated heterocycles. The summed E-state index contributed by atoms with van der Waals surface area (Å²) in [6, 6.07) is 3.70. The van der Waals surface area contributed by atoms with Gasteiger partial charge in [-0.1, -0.05) is 0 Å². The first-order valence-corrected chi connectivity index (χ1v) is 6.83. The molecule has 3 fully saturated rings. The highest BCUT2D eigenvalue weighted by Gasteiger charge is 2.34. The quantitative estimate of drug-likeness (QED) is 0.865. The number of carboxylic acid groups (broad SMARTS) is 1. The van der Waals surface area contributed by atoms with Gasteiger partial charge in [0.2, 0.25) is 0 Å². The Balaban J connectivity index is 1.83. The summed E-state index contributed by atoms with van der Waals surface area (Å²) in [7, 11) is 0. The number of piperidine rings is 3. The van der Waals surface area contributed by atoms with Crippen molar-refractivity contribution in [2.75, 3.05) is 25.0 Å². The maximum atomic E-state index is 11.2. The zero-order chi connectivity index (χ0) is 13.4. The third-order valence-corrected chi connectivity index (χ3v) is 4.24. The molecular formula is C14H19N3O2. The third-order valence-electron chi connectivity index (χ3n) is 4.24. The molecule has 102 valence electrons. The first-order valence-electron chi connectivity index (χ1n) is 6.83. The van der Waals surface area contributed by atoms with E-state index in [9.17, 15) is 9.90 Å². The number of aromatic nitrogens is 1. The molecule has 0 saturated carbocycles. The molecule has 0 aromatic carbocycles. The normalized spacial score (nSPS) is 29.2. The summed E-state index contributed by atoms with van der Waals surface area (Å²) in [6.45, 7) is 5.23. The molecule has 3 aliphatic rings. The van der Waals surface area contributed by atoms with Gasteiger partial charge in [-0.3, -0.25) is 0 Å². The Bertz CT molecular complexity index is 495. The minimum absolute atomic E-state index is 0.266. The number of anilines is 1. The third kappa shape index (κ3) is 2.42. The minimum atomic E-state index is -0.920. The molecular weight excluding hydrogens is 242 g/mol. The van der Waals surface area contributed by atoms with Crippen LogP contribution in [0.15, 0.2) is 12.1 Å². The highest BCUT2D eigenvalue weighted by atomic mass is 16.4. The highest BCUT2D eigenvalue weighted by Crippen LogP contribution is 2.30. The van der Waals surface area contributed by atoms with E-state index in [1.165, 1.54) is 25.9 Å². The standard InChI is InChI=1S/C14H19N3O2/c1-9-2-3-11(14(18)19)13(15-9)16-12-8-17-6-4-10(12)5-7-17/h2-3,10,12H,4-8H2,1H3,(H,15,16)(H,18,19). The fourth-order valence-electron chi connectivity index (χ4n) is 3.14. The van der Waals surface area contributed by atoms with Gasteiger partial charge in [-0.05, 0) is 50.9 Å². The number of nitrogens with one attached hydrogen (secondary N) is 1. The van der Waals surface area contributed by atoms with Crippen LogP contribution in [-0.2, 0) is 0 Å². The Morgan fingerprint density at radius 1 is 1.42 bits per heavy atom. The number of carboxylic acids is 1. The molecule has 19 heavy (non-hydrogen) atoms. The van der Waals surface area contributed by atoms with Crippen molar-refractivity contribution in [3.8, 4) is 0 Å². The van der Waals surface area contributed by atoms with Gasteiger partial charge in [-0.2, -0.15) is 0 Å². The second-order valence-electron chi connectivity index (χ2n) is 5.54. The summed E-state index contributed by atoms with van der Waals surface area (Å²) in [5.74, 6) is 0.247. The topological polar surface area (TPSA) is 65.5 Å². The van der Waals surface area contributed by atoms with Crippen LogP contribution in [0.5, 0.6) is 0 Å². The number of hydrogen-bond donors (Lipinski definition) is 2. The summed E-state index contributed by atoms with van der Waals surface area (Å²) in [5.41, 5.74) is 1.11. The predicted molar refractivity (Wildman–Crippen MR) is 72.5 cm³/mol. The van der Waals surface area contributed by atoms with E-state index in [2.05, 4.69) is 15.2 Å². The van der Waals surface area contributed by atoms with E-state index < -0.39 is 5.97 Å². The first kappa shape index (κ1) is 12.4. The number of pyridine rings is 1. The molecule has 3 aliphatic heterocycles. The predicted octanol–water partition coefficient (Wildman–Crippen LogP) is 1.59. The molecule has 0 radical (unpaired) electrons. The van der Waals surface area contributed by atoms with Crippen molar-refractivity contribution in [1.29, 1.82) is 0 Å². The van der Waals surface area contributed by atoms with Crippen molar-refractivity contribution in [2.24, 2.45) is 5.92 Å². The summed E-state index contributed by atoms with van der Waals surface area (Å²) >= 11 is 0. The molecule has 5 nitrogen and oxygen atoms in total.